The summed E-state index contributed by atoms with van der Waals surface area (Å²) in [6.07, 6.45) is 6.05. The molecular weight excluding hydrogens is 372 g/mol. The van der Waals surface area contributed by atoms with E-state index in [0.29, 0.717) is 11.8 Å². The molecule has 0 aromatic carbocycles. The van der Waals surface area contributed by atoms with Crippen molar-refractivity contribution in [1.82, 2.24) is 20.0 Å². The number of aryl methyl sites for hydroxylation is 1. The van der Waals surface area contributed by atoms with E-state index in [-0.39, 0.29) is 5.91 Å². The van der Waals surface area contributed by atoms with Gasteiger partial charge >= 0.3 is 0 Å². The van der Waals surface area contributed by atoms with E-state index in [0.717, 1.165) is 59.3 Å². The molecule has 0 spiro atoms. The summed E-state index contributed by atoms with van der Waals surface area (Å²) in [5, 5.41) is 5.98. The molecule has 7 heteroatoms. The summed E-state index contributed by atoms with van der Waals surface area (Å²) in [7, 11) is 0. The molecule has 1 saturated carbocycles. The molecule has 1 aliphatic carbocycles. The van der Waals surface area contributed by atoms with Gasteiger partial charge in [0.05, 0.1) is 21.8 Å². The van der Waals surface area contributed by atoms with Crippen molar-refractivity contribution >= 4 is 17.2 Å². The van der Waals surface area contributed by atoms with Crippen LogP contribution < -0.4 is 0 Å². The van der Waals surface area contributed by atoms with Crippen LogP contribution in [0, 0.1) is 6.92 Å². The third-order valence-electron chi connectivity index (χ3n) is 5.57. The van der Waals surface area contributed by atoms with Gasteiger partial charge in [-0.05, 0) is 44.1 Å². The molecule has 0 unspecified atom stereocenters. The highest BCUT2D eigenvalue weighted by Crippen LogP contribution is 2.41. The van der Waals surface area contributed by atoms with Crippen LogP contribution in [-0.2, 0) is 0 Å². The molecule has 4 heterocycles. The predicted octanol–water partition coefficient (Wildman–Crippen LogP) is 4.40. The fourth-order valence-electron chi connectivity index (χ4n) is 3.85. The minimum atomic E-state index is 0.140. The van der Waals surface area contributed by atoms with Gasteiger partial charge < -0.3 is 9.42 Å². The molecule has 0 bridgehead atoms. The van der Waals surface area contributed by atoms with Gasteiger partial charge in [-0.3, -0.25) is 4.79 Å². The number of piperidine rings is 1. The number of aromatic nitrogens is 3. The topological polar surface area (TPSA) is 72.1 Å². The summed E-state index contributed by atoms with van der Waals surface area (Å²) in [6, 6.07) is 5.76. The van der Waals surface area contributed by atoms with Crippen LogP contribution in [0.2, 0.25) is 0 Å². The van der Waals surface area contributed by atoms with E-state index in [1.165, 1.54) is 24.2 Å². The molecule has 0 radical (unpaired) electrons. The van der Waals surface area contributed by atoms with Crippen LogP contribution in [0.15, 0.2) is 34.3 Å². The van der Waals surface area contributed by atoms with Gasteiger partial charge in [-0.2, -0.15) is 0 Å². The standard InChI is InChI=1S/C21H22N4O2S/c1-13-11-17(27-24-13)16-12-22-20(15-4-5-15)23-19(16)14-6-8-25(9-7-14)21(26)18-3-2-10-28-18/h2-3,10-12,14-15H,4-9H2,1H3. The van der Waals surface area contributed by atoms with Crippen molar-refractivity contribution in [2.75, 3.05) is 13.1 Å². The van der Waals surface area contributed by atoms with Gasteiger partial charge in [0, 0.05) is 37.2 Å². The minimum absolute atomic E-state index is 0.140. The number of hydrogen-bond acceptors (Lipinski definition) is 6. The lowest BCUT2D eigenvalue weighted by Crippen LogP contribution is -2.37. The number of likely N-dealkylation sites (tertiary alicyclic amines) is 1. The van der Waals surface area contributed by atoms with Crippen LogP contribution in [0.3, 0.4) is 0 Å². The summed E-state index contributed by atoms with van der Waals surface area (Å²) in [5.41, 5.74) is 2.84. The summed E-state index contributed by atoms with van der Waals surface area (Å²) in [6.45, 7) is 3.42. The van der Waals surface area contributed by atoms with Gasteiger partial charge in [-0.25, -0.2) is 9.97 Å². The molecule has 1 saturated heterocycles. The molecule has 2 fully saturated rings. The molecule has 6 nitrogen and oxygen atoms in total. The summed E-state index contributed by atoms with van der Waals surface area (Å²) < 4.78 is 5.51. The van der Waals surface area contributed by atoms with E-state index < -0.39 is 0 Å². The number of carbonyl (C=O) groups excluding carboxylic acids is 1. The fourth-order valence-corrected chi connectivity index (χ4v) is 4.54. The van der Waals surface area contributed by atoms with Gasteiger partial charge in [0.15, 0.2) is 5.76 Å². The lowest BCUT2D eigenvalue weighted by Gasteiger charge is -2.32. The summed E-state index contributed by atoms with van der Waals surface area (Å²) >= 11 is 1.50. The first kappa shape index (κ1) is 17.6. The van der Waals surface area contributed by atoms with Crippen LogP contribution in [0.25, 0.3) is 11.3 Å². The number of amides is 1. The van der Waals surface area contributed by atoms with E-state index in [2.05, 4.69) is 10.1 Å². The minimum Gasteiger partial charge on any atom is -0.356 e. The van der Waals surface area contributed by atoms with Crippen molar-refractivity contribution < 1.29 is 9.32 Å². The summed E-state index contributed by atoms with van der Waals surface area (Å²) in [5.74, 6) is 2.62. The maximum atomic E-state index is 12.6. The number of thiophene rings is 1. The maximum Gasteiger partial charge on any atom is 0.263 e. The zero-order valence-corrected chi connectivity index (χ0v) is 16.6. The third kappa shape index (κ3) is 3.35. The molecule has 5 rings (SSSR count). The van der Waals surface area contributed by atoms with Crippen molar-refractivity contribution in [1.29, 1.82) is 0 Å². The van der Waals surface area contributed by atoms with E-state index in [1.54, 1.807) is 0 Å². The van der Waals surface area contributed by atoms with Gasteiger partial charge in [0.1, 0.15) is 5.82 Å². The molecule has 1 amide bonds. The molecule has 144 valence electrons. The van der Waals surface area contributed by atoms with Crippen LogP contribution in [0.4, 0.5) is 0 Å². The molecule has 1 aliphatic heterocycles. The predicted molar refractivity (Wildman–Crippen MR) is 106 cm³/mol. The first-order chi connectivity index (χ1) is 13.7. The smallest absolute Gasteiger partial charge is 0.263 e. The van der Waals surface area contributed by atoms with E-state index >= 15 is 0 Å². The lowest BCUT2D eigenvalue weighted by molar-refractivity contribution is 0.0717. The van der Waals surface area contributed by atoms with Crippen LogP contribution in [-0.4, -0.2) is 39.0 Å². The first-order valence-corrected chi connectivity index (χ1v) is 10.7. The largest absolute Gasteiger partial charge is 0.356 e. The number of nitrogens with zero attached hydrogens (tertiary/aromatic N) is 4. The van der Waals surface area contributed by atoms with E-state index in [1.807, 2.05) is 41.6 Å². The Morgan fingerprint density at radius 1 is 1.21 bits per heavy atom. The van der Waals surface area contributed by atoms with Crippen molar-refractivity contribution in [3.8, 4) is 11.3 Å². The molecule has 0 N–H and O–H groups in total. The second kappa shape index (κ2) is 7.13. The zero-order valence-electron chi connectivity index (χ0n) is 15.8. The quantitative estimate of drug-likeness (QED) is 0.656. The molecule has 2 aliphatic rings. The van der Waals surface area contributed by atoms with Crippen LogP contribution >= 0.6 is 11.3 Å². The fraction of sp³-hybridized carbons (Fsp3) is 0.429. The van der Waals surface area contributed by atoms with Crippen molar-refractivity contribution in [3.63, 3.8) is 0 Å². The molecular formula is C21H22N4O2S. The Bertz CT molecular complexity index is 986. The van der Waals surface area contributed by atoms with E-state index in [4.69, 9.17) is 9.51 Å². The average Bonchev–Trinajstić information content (AvgIpc) is 3.25. The zero-order chi connectivity index (χ0) is 19.1. The molecule has 0 atom stereocenters. The lowest BCUT2D eigenvalue weighted by atomic mass is 9.90. The Morgan fingerprint density at radius 3 is 2.68 bits per heavy atom. The van der Waals surface area contributed by atoms with Crippen molar-refractivity contribution in [3.05, 3.63) is 51.9 Å². The van der Waals surface area contributed by atoms with E-state index in [9.17, 15) is 4.79 Å². The second-order valence-electron chi connectivity index (χ2n) is 7.68. The Labute approximate surface area is 167 Å². The number of hydrogen-bond donors (Lipinski definition) is 0. The molecule has 3 aromatic heterocycles. The van der Waals surface area contributed by atoms with Crippen molar-refractivity contribution in [2.45, 2.75) is 44.4 Å². The van der Waals surface area contributed by atoms with Gasteiger partial charge in [0.25, 0.3) is 5.91 Å². The second-order valence-corrected chi connectivity index (χ2v) is 8.63. The Balaban J connectivity index is 1.39. The maximum absolute atomic E-state index is 12.6. The highest BCUT2D eigenvalue weighted by molar-refractivity contribution is 7.12. The van der Waals surface area contributed by atoms with Crippen LogP contribution in [0.5, 0.6) is 0 Å². The highest BCUT2D eigenvalue weighted by Gasteiger charge is 2.32. The normalized spacial score (nSPS) is 17.8. The third-order valence-corrected chi connectivity index (χ3v) is 6.43. The molecule has 3 aromatic rings. The number of rotatable bonds is 4. The van der Waals surface area contributed by atoms with Gasteiger partial charge in [-0.15, -0.1) is 11.3 Å². The molecule has 28 heavy (non-hydrogen) atoms. The van der Waals surface area contributed by atoms with Gasteiger partial charge in [0.2, 0.25) is 0 Å². The summed E-state index contributed by atoms with van der Waals surface area (Å²) in [4.78, 5) is 25.0. The first-order valence-electron chi connectivity index (χ1n) is 9.82. The average molecular weight is 395 g/mol. The highest BCUT2D eigenvalue weighted by atomic mass is 32.1. The van der Waals surface area contributed by atoms with Gasteiger partial charge in [-0.1, -0.05) is 11.2 Å². The SMILES string of the molecule is Cc1cc(-c2cnc(C3CC3)nc2C2CCN(C(=O)c3cccs3)CC2)on1. The van der Waals surface area contributed by atoms with Crippen molar-refractivity contribution in [2.24, 2.45) is 0 Å². The Kier molecular flexibility index (Phi) is 4.47. The Hall–Kier alpha value is -2.54. The number of carbonyl (C=O) groups is 1. The monoisotopic (exact) mass is 394 g/mol. The Morgan fingerprint density at radius 2 is 2.04 bits per heavy atom. The van der Waals surface area contributed by atoms with Crippen LogP contribution in [0.1, 0.15) is 64.4 Å².